The summed E-state index contributed by atoms with van der Waals surface area (Å²) in [6, 6.07) is 2.87. The first-order valence-corrected chi connectivity index (χ1v) is 9.73. The molecular formula is C19H23N5O5. The smallest absolute Gasteiger partial charge is 0.330 e. The fourth-order valence-electron chi connectivity index (χ4n) is 4.24. The topological polar surface area (TPSA) is 127 Å². The minimum absolute atomic E-state index is 0.172. The Labute approximate surface area is 166 Å². The van der Waals surface area contributed by atoms with Gasteiger partial charge in [0.25, 0.3) is 0 Å². The van der Waals surface area contributed by atoms with Crippen LogP contribution < -0.4 is 15.9 Å². The van der Waals surface area contributed by atoms with Crippen molar-refractivity contribution in [2.75, 3.05) is 18.0 Å². The van der Waals surface area contributed by atoms with Gasteiger partial charge in [-0.25, -0.2) is 9.78 Å². The summed E-state index contributed by atoms with van der Waals surface area (Å²) in [5.41, 5.74) is 0.681. The van der Waals surface area contributed by atoms with Crippen LogP contribution in [-0.2, 0) is 21.4 Å². The second-order valence-corrected chi connectivity index (χ2v) is 7.72. The Bertz CT molecular complexity index is 1050. The molecule has 0 spiro atoms. The van der Waals surface area contributed by atoms with Crippen molar-refractivity contribution < 1.29 is 19.5 Å². The number of aliphatic carboxylic acids is 1. The zero-order valence-corrected chi connectivity index (χ0v) is 16.1. The van der Waals surface area contributed by atoms with Crippen LogP contribution in [0.25, 0.3) is 11.2 Å². The van der Waals surface area contributed by atoms with E-state index in [0.717, 1.165) is 18.7 Å². The molecular weight excluding hydrogens is 378 g/mol. The van der Waals surface area contributed by atoms with E-state index in [9.17, 15) is 19.2 Å². The Morgan fingerprint density at radius 1 is 1.21 bits per heavy atom. The van der Waals surface area contributed by atoms with Crippen molar-refractivity contribution >= 4 is 34.8 Å². The SMILES string of the molecule is Cn1c(=O)n(C2CCC(=O)NC2=O)c2ccc(N3CCC(CC(=O)O)CC3)nc21. The summed E-state index contributed by atoms with van der Waals surface area (Å²) in [5, 5.41) is 11.3. The van der Waals surface area contributed by atoms with Crippen molar-refractivity contribution in [1.82, 2.24) is 19.4 Å². The second-order valence-electron chi connectivity index (χ2n) is 7.72. The lowest BCUT2D eigenvalue weighted by atomic mass is 9.94. The second kappa shape index (κ2) is 7.34. The van der Waals surface area contributed by atoms with Gasteiger partial charge in [-0.1, -0.05) is 0 Å². The molecule has 2 amide bonds. The van der Waals surface area contributed by atoms with Crippen LogP contribution in [0, 0.1) is 5.92 Å². The summed E-state index contributed by atoms with van der Waals surface area (Å²) in [7, 11) is 1.61. The number of amides is 2. The molecule has 1 unspecified atom stereocenters. The number of anilines is 1. The Hall–Kier alpha value is -3.17. The molecule has 10 heteroatoms. The van der Waals surface area contributed by atoms with E-state index in [0.29, 0.717) is 24.3 Å². The van der Waals surface area contributed by atoms with Crippen molar-refractivity contribution in [1.29, 1.82) is 0 Å². The number of hydrogen-bond donors (Lipinski definition) is 2. The molecule has 29 heavy (non-hydrogen) atoms. The van der Waals surface area contributed by atoms with Crippen molar-refractivity contribution in [3.05, 3.63) is 22.6 Å². The molecule has 10 nitrogen and oxygen atoms in total. The maximum absolute atomic E-state index is 12.8. The highest BCUT2D eigenvalue weighted by Gasteiger charge is 2.32. The van der Waals surface area contributed by atoms with E-state index in [1.54, 1.807) is 13.1 Å². The van der Waals surface area contributed by atoms with E-state index in [1.165, 1.54) is 9.13 Å². The summed E-state index contributed by atoms with van der Waals surface area (Å²) in [4.78, 5) is 54.1. The summed E-state index contributed by atoms with van der Waals surface area (Å²) in [5.74, 6) is -0.674. The lowest BCUT2D eigenvalue weighted by molar-refractivity contribution is -0.138. The van der Waals surface area contributed by atoms with Crippen LogP contribution in [0.1, 0.15) is 38.1 Å². The van der Waals surface area contributed by atoms with Gasteiger partial charge in [-0.05, 0) is 37.3 Å². The van der Waals surface area contributed by atoms with Crippen LogP contribution in [0.4, 0.5) is 5.82 Å². The Balaban J connectivity index is 1.62. The predicted octanol–water partition coefficient (Wildman–Crippen LogP) is 0.404. The number of nitrogens with one attached hydrogen (secondary N) is 1. The molecule has 2 aromatic rings. The Kier molecular flexibility index (Phi) is 4.85. The summed E-state index contributed by atoms with van der Waals surface area (Å²) in [6.45, 7) is 1.41. The molecule has 0 bridgehead atoms. The van der Waals surface area contributed by atoms with Gasteiger partial charge in [0.05, 0.1) is 5.52 Å². The zero-order chi connectivity index (χ0) is 20.7. The standard InChI is InChI=1S/C19H23N5O5/c1-22-17-12(24(19(22)29)13-3-5-15(25)21-18(13)28)2-4-14(20-17)23-8-6-11(7-9-23)10-16(26)27/h2,4,11,13H,3,5-10H2,1H3,(H,26,27)(H,21,25,28). The molecule has 4 rings (SSSR count). The lowest BCUT2D eigenvalue weighted by Gasteiger charge is -2.32. The van der Waals surface area contributed by atoms with Crippen molar-refractivity contribution in [2.24, 2.45) is 13.0 Å². The van der Waals surface area contributed by atoms with Gasteiger partial charge in [0.2, 0.25) is 11.8 Å². The molecule has 0 aromatic carbocycles. The number of fused-ring (bicyclic) bond motifs is 1. The summed E-state index contributed by atoms with van der Waals surface area (Å²) in [6.07, 6.45) is 2.21. The van der Waals surface area contributed by atoms with Gasteiger partial charge in [-0.3, -0.25) is 28.8 Å². The van der Waals surface area contributed by atoms with Gasteiger partial charge >= 0.3 is 11.7 Å². The predicted molar refractivity (Wildman–Crippen MR) is 104 cm³/mol. The zero-order valence-electron chi connectivity index (χ0n) is 16.1. The molecule has 2 aromatic heterocycles. The average molecular weight is 401 g/mol. The maximum atomic E-state index is 12.8. The van der Waals surface area contributed by atoms with Gasteiger partial charge in [0.15, 0.2) is 5.65 Å². The number of hydrogen-bond acceptors (Lipinski definition) is 6. The van der Waals surface area contributed by atoms with Gasteiger partial charge in [-0.2, -0.15) is 0 Å². The van der Waals surface area contributed by atoms with Crippen LogP contribution in [0.15, 0.2) is 16.9 Å². The first-order chi connectivity index (χ1) is 13.8. The normalized spacial score (nSPS) is 20.9. The highest BCUT2D eigenvalue weighted by atomic mass is 16.4. The third kappa shape index (κ3) is 3.50. The first kappa shape index (κ1) is 19.2. The van der Waals surface area contributed by atoms with E-state index in [4.69, 9.17) is 5.11 Å². The molecule has 1 atom stereocenters. The number of aryl methyl sites for hydroxylation is 1. The molecule has 2 fully saturated rings. The lowest BCUT2D eigenvalue weighted by Crippen LogP contribution is -2.44. The largest absolute Gasteiger partial charge is 0.481 e. The quantitative estimate of drug-likeness (QED) is 0.710. The number of aromatic nitrogens is 3. The highest BCUT2D eigenvalue weighted by Crippen LogP contribution is 2.27. The third-order valence-electron chi connectivity index (χ3n) is 5.83. The van der Waals surface area contributed by atoms with Crippen LogP contribution in [0.5, 0.6) is 0 Å². The van der Waals surface area contributed by atoms with Crippen molar-refractivity contribution in [3.8, 4) is 0 Å². The molecule has 0 aliphatic carbocycles. The molecule has 2 aliphatic heterocycles. The number of rotatable bonds is 4. The number of imidazole rings is 1. The number of carbonyl (C=O) groups is 3. The van der Waals surface area contributed by atoms with E-state index >= 15 is 0 Å². The van der Waals surface area contributed by atoms with E-state index in [-0.39, 0.29) is 36.8 Å². The molecule has 0 radical (unpaired) electrons. The number of nitrogens with zero attached hydrogens (tertiary/aromatic N) is 4. The maximum Gasteiger partial charge on any atom is 0.330 e. The highest BCUT2D eigenvalue weighted by molar-refractivity contribution is 6.00. The minimum atomic E-state index is -0.771. The van der Waals surface area contributed by atoms with E-state index < -0.39 is 17.9 Å². The molecule has 2 saturated heterocycles. The Morgan fingerprint density at radius 3 is 2.59 bits per heavy atom. The molecule has 4 heterocycles. The molecule has 2 N–H and O–H groups in total. The number of carboxylic acid groups (broad SMARTS) is 1. The fourth-order valence-corrected chi connectivity index (χ4v) is 4.24. The average Bonchev–Trinajstić information content (AvgIpc) is 2.93. The van der Waals surface area contributed by atoms with Crippen LogP contribution in [-0.4, -0.2) is 50.1 Å². The van der Waals surface area contributed by atoms with Crippen LogP contribution in [0.3, 0.4) is 0 Å². The monoisotopic (exact) mass is 401 g/mol. The van der Waals surface area contributed by atoms with Gasteiger partial charge in [0.1, 0.15) is 11.9 Å². The number of pyridine rings is 1. The minimum Gasteiger partial charge on any atom is -0.481 e. The number of carboxylic acids is 1. The van der Waals surface area contributed by atoms with E-state index in [2.05, 4.69) is 15.2 Å². The number of piperidine rings is 2. The van der Waals surface area contributed by atoms with Crippen molar-refractivity contribution in [3.63, 3.8) is 0 Å². The van der Waals surface area contributed by atoms with Gasteiger partial charge < -0.3 is 10.0 Å². The van der Waals surface area contributed by atoms with Crippen LogP contribution >= 0.6 is 0 Å². The van der Waals surface area contributed by atoms with Crippen molar-refractivity contribution in [2.45, 2.75) is 38.1 Å². The van der Waals surface area contributed by atoms with Gasteiger partial charge in [-0.15, -0.1) is 0 Å². The molecule has 154 valence electrons. The summed E-state index contributed by atoms with van der Waals surface area (Å²) >= 11 is 0. The fraction of sp³-hybridized carbons (Fsp3) is 0.526. The number of carbonyl (C=O) groups excluding carboxylic acids is 2. The molecule has 2 aliphatic rings. The number of imide groups is 1. The van der Waals surface area contributed by atoms with Crippen LogP contribution in [0.2, 0.25) is 0 Å². The first-order valence-electron chi connectivity index (χ1n) is 9.73. The van der Waals surface area contributed by atoms with E-state index in [1.807, 2.05) is 6.07 Å². The Morgan fingerprint density at radius 2 is 1.93 bits per heavy atom. The third-order valence-corrected chi connectivity index (χ3v) is 5.83. The molecule has 0 saturated carbocycles. The van der Waals surface area contributed by atoms with Gasteiger partial charge in [0, 0.05) is 33.0 Å². The summed E-state index contributed by atoms with van der Waals surface area (Å²) < 4.78 is 2.83.